The molecule has 0 N–H and O–H groups in total. The third-order valence-corrected chi connectivity index (χ3v) is 6.43. The number of urea groups is 1. The molecule has 3 rings (SSSR count). The summed E-state index contributed by atoms with van der Waals surface area (Å²) in [5, 5.41) is 0. The largest absolute Gasteiger partial charge is 0.333 e. The van der Waals surface area contributed by atoms with Gasteiger partial charge in [0.1, 0.15) is 6.54 Å². The molecule has 0 aromatic carbocycles. The van der Waals surface area contributed by atoms with Crippen molar-refractivity contribution in [3.05, 3.63) is 0 Å². The summed E-state index contributed by atoms with van der Waals surface area (Å²) in [6, 6.07) is -0.158. The third-order valence-electron chi connectivity index (χ3n) is 6.43. The zero-order valence-electron chi connectivity index (χ0n) is 18.0. The first-order valence-corrected chi connectivity index (χ1v) is 11.0. The molecule has 3 aliphatic rings. The molecule has 0 bridgehead atoms. The number of nitrogens with zero attached hydrogens (tertiary/aromatic N) is 5. The first-order chi connectivity index (χ1) is 13.5. The number of likely N-dealkylation sites (tertiary alicyclic amines) is 1. The number of amidine groups is 2. The predicted molar refractivity (Wildman–Crippen MR) is 111 cm³/mol. The maximum absolute atomic E-state index is 12.9. The normalized spacial score (nSPS) is 26.2. The molecule has 2 unspecified atom stereocenters. The molecule has 0 aliphatic carbocycles. The fourth-order valence-electron chi connectivity index (χ4n) is 4.65. The Balaban J connectivity index is 1.87. The van der Waals surface area contributed by atoms with Crippen LogP contribution in [-0.4, -0.2) is 88.7 Å². The van der Waals surface area contributed by atoms with Crippen molar-refractivity contribution >= 4 is 23.6 Å². The van der Waals surface area contributed by atoms with E-state index in [0.717, 1.165) is 44.7 Å². The molecule has 28 heavy (non-hydrogen) atoms. The number of fused-ring (bicyclic) bond motifs is 1. The number of likely N-dealkylation sites (N-methyl/N-ethyl adjacent to an activating group) is 2. The van der Waals surface area contributed by atoms with E-state index in [1.165, 1.54) is 37.0 Å². The van der Waals surface area contributed by atoms with Crippen LogP contribution in [0.2, 0.25) is 0 Å². The maximum Gasteiger partial charge on any atom is 0.333 e. The van der Waals surface area contributed by atoms with Gasteiger partial charge in [0.15, 0.2) is 0 Å². The van der Waals surface area contributed by atoms with Crippen molar-refractivity contribution in [2.75, 3.05) is 33.7 Å². The van der Waals surface area contributed by atoms with Gasteiger partial charge in [0, 0.05) is 20.1 Å². The molecule has 7 heteroatoms. The van der Waals surface area contributed by atoms with Crippen molar-refractivity contribution in [3.63, 3.8) is 0 Å². The molecule has 0 aromatic heterocycles. The molecule has 2 atom stereocenters. The summed E-state index contributed by atoms with van der Waals surface area (Å²) in [4.78, 5) is 35.5. The first kappa shape index (κ1) is 21.0. The van der Waals surface area contributed by atoms with Crippen LogP contribution in [-0.2, 0) is 4.79 Å². The monoisotopic (exact) mass is 390 g/mol. The number of imide groups is 1. The Morgan fingerprint density at radius 2 is 1.86 bits per heavy atom. The Morgan fingerprint density at radius 3 is 2.57 bits per heavy atom. The molecule has 3 heterocycles. The minimum Gasteiger partial charge on any atom is -0.289 e. The highest BCUT2D eigenvalue weighted by Crippen LogP contribution is 2.23. The van der Waals surface area contributed by atoms with E-state index in [9.17, 15) is 9.59 Å². The van der Waals surface area contributed by atoms with Crippen molar-refractivity contribution in [1.29, 1.82) is 0 Å². The molecular formula is C21H36N5O2+. The maximum atomic E-state index is 12.9. The quantitative estimate of drug-likeness (QED) is 0.473. The lowest BCUT2D eigenvalue weighted by Gasteiger charge is -2.34. The number of piperidine rings is 1. The Morgan fingerprint density at radius 1 is 1.07 bits per heavy atom. The summed E-state index contributed by atoms with van der Waals surface area (Å²) >= 11 is 0. The van der Waals surface area contributed by atoms with Gasteiger partial charge in [-0.3, -0.25) is 19.5 Å². The Hall–Kier alpha value is -1.76. The van der Waals surface area contributed by atoms with Crippen LogP contribution < -0.4 is 0 Å². The number of hydrogen-bond acceptors (Lipinski definition) is 4. The van der Waals surface area contributed by atoms with Crippen LogP contribution in [0.25, 0.3) is 0 Å². The number of carbonyl (C=O) groups excluding carboxylic acids is 2. The van der Waals surface area contributed by atoms with Crippen molar-refractivity contribution in [1.82, 2.24) is 14.7 Å². The van der Waals surface area contributed by atoms with Crippen LogP contribution in [0.15, 0.2) is 4.99 Å². The van der Waals surface area contributed by atoms with Gasteiger partial charge in [-0.1, -0.05) is 33.1 Å². The van der Waals surface area contributed by atoms with Gasteiger partial charge >= 0.3 is 11.9 Å². The zero-order valence-corrected chi connectivity index (χ0v) is 18.0. The lowest BCUT2D eigenvalue weighted by Crippen LogP contribution is -2.61. The number of carbonyl (C=O) groups is 2. The van der Waals surface area contributed by atoms with E-state index < -0.39 is 6.04 Å². The average molecular weight is 391 g/mol. The van der Waals surface area contributed by atoms with E-state index in [4.69, 9.17) is 4.99 Å². The van der Waals surface area contributed by atoms with E-state index in [1.54, 1.807) is 19.0 Å². The summed E-state index contributed by atoms with van der Waals surface area (Å²) in [5.74, 6) is 1.40. The third kappa shape index (κ3) is 4.00. The second-order valence-corrected chi connectivity index (χ2v) is 8.31. The van der Waals surface area contributed by atoms with E-state index >= 15 is 0 Å². The topological polar surface area (TPSA) is 59.2 Å². The molecular weight excluding hydrogens is 354 g/mol. The number of unbranched alkanes of at least 4 members (excludes halogenated alkanes) is 3. The van der Waals surface area contributed by atoms with Crippen molar-refractivity contribution < 1.29 is 14.2 Å². The fraction of sp³-hybridized carbons (Fsp3) is 0.810. The van der Waals surface area contributed by atoms with Crippen LogP contribution in [0.1, 0.15) is 65.2 Å². The van der Waals surface area contributed by atoms with Gasteiger partial charge in [0.05, 0.1) is 6.54 Å². The predicted octanol–water partition coefficient (Wildman–Crippen LogP) is 2.55. The first-order valence-electron chi connectivity index (χ1n) is 11.0. The zero-order chi connectivity index (χ0) is 20.3. The lowest BCUT2D eigenvalue weighted by atomic mass is 10.00. The lowest BCUT2D eigenvalue weighted by molar-refractivity contribution is -0.537. The summed E-state index contributed by atoms with van der Waals surface area (Å²) in [5.41, 5.74) is 0. The van der Waals surface area contributed by atoms with Crippen molar-refractivity contribution in [2.24, 2.45) is 4.99 Å². The molecule has 2 saturated heterocycles. The van der Waals surface area contributed by atoms with E-state index in [0.29, 0.717) is 11.9 Å². The summed E-state index contributed by atoms with van der Waals surface area (Å²) in [6.07, 6.45) is 9.49. The van der Waals surface area contributed by atoms with Gasteiger partial charge in [-0.25, -0.2) is 9.37 Å². The second kappa shape index (κ2) is 9.16. The minimum absolute atomic E-state index is 0.155. The molecule has 3 aliphatic heterocycles. The van der Waals surface area contributed by atoms with E-state index in [1.807, 2.05) is 0 Å². The van der Waals surface area contributed by atoms with Gasteiger partial charge in [-0.05, 0) is 43.6 Å². The Labute approximate surface area is 169 Å². The van der Waals surface area contributed by atoms with Gasteiger partial charge < -0.3 is 0 Å². The van der Waals surface area contributed by atoms with Gasteiger partial charge in [0.25, 0.3) is 17.8 Å². The standard InChI is InChI=1S/C21H36N5O2/c1-5-7-8-10-14-26-17(15-25-13-11-9-12-16(25)6-2)22-19-18(26)20(27)24(4)21(28)23(19)3/h16,18H,5-15H2,1-4H3/q+1. The molecule has 0 aromatic rings. The van der Waals surface area contributed by atoms with Crippen LogP contribution in [0, 0.1) is 0 Å². The molecule has 156 valence electrons. The van der Waals surface area contributed by atoms with Gasteiger partial charge in [0.2, 0.25) is 0 Å². The molecule has 0 saturated carbocycles. The molecule has 3 amide bonds. The molecule has 0 radical (unpaired) electrons. The van der Waals surface area contributed by atoms with Crippen LogP contribution in [0.4, 0.5) is 4.79 Å². The van der Waals surface area contributed by atoms with Gasteiger partial charge in [-0.15, -0.1) is 0 Å². The van der Waals surface area contributed by atoms with Gasteiger partial charge in [-0.2, -0.15) is 0 Å². The molecule has 0 spiro atoms. The van der Waals surface area contributed by atoms with Crippen LogP contribution in [0.5, 0.6) is 0 Å². The highest BCUT2D eigenvalue weighted by atomic mass is 16.2. The smallest absolute Gasteiger partial charge is 0.289 e. The highest BCUT2D eigenvalue weighted by Gasteiger charge is 2.53. The van der Waals surface area contributed by atoms with Crippen molar-refractivity contribution in [2.45, 2.75) is 77.3 Å². The number of rotatable bonds is 8. The SMILES string of the molecule is CCCCCC[N+]1=C(CN2CCCCC2CC)N=C2C1C(=O)N(C)C(=O)N2C. The number of aliphatic imine (C=N–C) groups is 1. The number of amides is 3. The van der Waals surface area contributed by atoms with E-state index in [-0.39, 0.29) is 11.9 Å². The van der Waals surface area contributed by atoms with Crippen molar-refractivity contribution in [3.8, 4) is 0 Å². The summed E-state index contributed by atoms with van der Waals surface area (Å²) < 4.78 is 2.17. The van der Waals surface area contributed by atoms with Crippen LogP contribution >= 0.6 is 0 Å². The summed E-state index contributed by atoms with van der Waals surface area (Å²) in [6.45, 7) is 7.13. The highest BCUT2D eigenvalue weighted by molar-refractivity contribution is 6.23. The fourth-order valence-corrected chi connectivity index (χ4v) is 4.65. The second-order valence-electron chi connectivity index (χ2n) is 8.31. The molecule has 2 fully saturated rings. The van der Waals surface area contributed by atoms with E-state index in [2.05, 4.69) is 23.3 Å². The Kier molecular flexibility index (Phi) is 6.86. The minimum atomic E-state index is -0.450. The summed E-state index contributed by atoms with van der Waals surface area (Å²) in [7, 11) is 3.30. The average Bonchev–Trinajstić information content (AvgIpc) is 3.06. The van der Waals surface area contributed by atoms with Crippen LogP contribution in [0.3, 0.4) is 0 Å². The number of hydrogen-bond donors (Lipinski definition) is 0. The Bertz CT molecular complexity index is 672. The molecule has 7 nitrogen and oxygen atoms in total.